The minimum absolute atomic E-state index is 0.136. The Bertz CT molecular complexity index is 694. The van der Waals surface area contributed by atoms with Gasteiger partial charge in [-0.2, -0.15) is 9.97 Å². The second-order valence-corrected chi connectivity index (χ2v) is 4.63. The zero-order chi connectivity index (χ0) is 16.7. The van der Waals surface area contributed by atoms with Crippen LogP contribution in [0.1, 0.15) is 17.0 Å². The molecule has 7 heteroatoms. The van der Waals surface area contributed by atoms with Crippen LogP contribution in [-0.4, -0.2) is 35.1 Å². The van der Waals surface area contributed by atoms with Gasteiger partial charge in [-0.25, -0.2) is 0 Å². The van der Waals surface area contributed by atoms with E-state index in [0.29, 0.717) is 5.82 Å². The number of carbonyl (C=O) groups excluding carboxylic acids is 1. The summed E-state index contributed by atoms with van der Waals surface area (Å²) in [5, 5.41) is 2.70. The number of aryl methyl sites for hydroxylation is 1. The highest BCUT2D eigenvalue weighted by Gasteiger charge is 2.07. The summed E-state index contributed by atoms with van der Waals surface area (Å²) >= 11 is 0. The van der Waals surface area contributed by atoms with E-state index in [2.05, 4.69) is 20.3 Å². The molecule has 0 aliphatic carbocycles. The first-order valence-electron chi connectivity index (χ1n) is 6.97. The standard InChI is InChI=1S/C16H18N4O3/c1-11-6-4-5-7-12(11)8-9-14(21)17-10-13-18-15(22-2)20-16(19-13)23-3/h4-9H,10H2,1-3H3,(H,17,21). The molecule has 2 aromatic rings. The third-order valence-corrected chi connectivity index (χ3v) is 3.03. The molecule has 1 aromatic heterocycles. The molecular formula is C16H18N4O3. The summed E-state index contributed by atoms with van der Waals surface area (Å²) in [6.07, 6.45) is 3.23. The van der Waals surface area contributed by atoms with Crippen LogP contribution in [0, 0.1) is 6.92 Å². The Kier molecular flexibility index (Phi) is 5.62. The summed E-state index contributed by atoms with van der Waals surface area (Å²) in [4.78, 5) is 23.9. The number of benzene rings is 1. The van der Waals surface area contributed by atoms with E-state index in [9.17, 15) is 4.79 Å². The molecule has 0 aliphatic heterocycles. The predicted octanol–water partition coefficient (Wildman–Crippen LogP) is 1.53. The highest BCUT2D eigenvalue weighted by Crippen LogP contribution is 2.09. The van der Waals surface area contributed by atoms with E-state index in [0.717, 1.165) is 11.1 Å². The lowest BCUT2D eigenvalue weighted by Crippen LogP contribution is -2.22. The number of aromatic nitrogens is 3. The van der Waals surface area contributed by atoms with E-state index in [4.69, 9.17) is 9.47 Å². The van der Waals surface area contributed by atoms with Gasteiger partial charge in [0.1, 0.15) is 0 Å². The van der Waals surface area contributed by atoms with E-state index in [1.165, 1.54) is 20.3 Å². The number of amides is 1. The van der Waals surface area contributed by atoms with Gasteiger partial charge in [-0.15, -0.1) is 4.98 Å². The maximum atomic E-state index is 11.9. The Hall–Kier alpha value is -2.96. The molecule has 0 radical (unpaired) electrons. The number of rotatable bonds is 6. The minimum Gasteiger partial charge on any atom is -0.467 e. The second kappa shape index (κ2) is 7.88. The number of ether oxygens (including phenoxy) is 2. The fourth-order valence-corrected chi connectivity index (χ4v) is 1.80. The van der Waals surface area contributed by atoms with Gasteiger partial charge in [0.15, 0.2) is 5.82 Å². The Labute approximate surface area is 134 Å². The highest BCUT2D eigenvalue weighted by molar-refractivity contribution is 5.91. The van der Waals surface area contributed by atoms with Crippen molar-refractivity contribution in [2.75, 3.05) is 14.2 Å². The number of nitrogens with zero attached hydrogens (tertiary/aromatic N) is 3. The van der Waals surface area contributed by atoms with Crippen molar-refractivity contribution in [1.82, 2.24) is 20.3 Å². The molecular weight excluding hydrogens is 296 g/mol. The van der Waals surface area contributed by atoms with Crippen LogP contribution in [0.4, 0.5) is 0 Å². The molecule has 7 nitrogen and oxygen atoms in total. The Morgan fingerprint density at radius 3 is 2.39 bits per heavy atom. The first kappa shape index (κ1) is 16.4. The van der Waals surface area contributed by atoms with Gasteiger partial charge in [-0.05, 0) is 24.1 Å². The molecule has 0 saturated carbocycles. The molecule has 23 heavy (non-hydrogen) atoms. The second-order valence-electron chi connectivity index (χ2n) is 4.63. The normalized spacial score (nSPS) is 10.6. The summed E-state index contributed by atoms with van der Waals surface area (Å²) in [5.41, 5.74) is 2.09. The number of hydrogen-bond donors (Lipinski definition) is 1. The number of carbonyl (C=O) groups is 1. The largest absolute Gasteiger partial charge is 0.467 e. The van der Waals surface area contributed by atoms with Gasteiger partial charge < -0.3 is 14.8 Å². The third kappa shape index (κ3) is 4.77. The van der Waals surface area contributed by atoms with Crippen LogP contribution in [0.25, 0.3) is 6.08 Å². The molecule has 1 amide bonds. The first-order valence-corrected chi connectivity index (χ1v) is 6.97. The molecule has 0 unspecified atom stereocenters. The van der Waals surface area contributed by atoms with Gasteiger partial charge in [0.2, 0.25) is 5.91 Å². The Balaban J connectivity index is 1.98. The molecule has 2 rings (SSSR count). The summed E-state index contributed by atoms with van der Waals surface area (Å²) in [6, 6.07) is 8.08. The summed E-state index contributed by atoms with van der Waals surface area (Å²) in [7, 11) is 2.89. The molecule has 0 aliphatic rings. The molecule has 0 saturated heterocycles. The molecule has 120 valence electrons. The number of nitrogens with one attached hydrogen (secondary N) is 1. The van der Waals surface area contributed by atoms with Gasteiger partial charge in [0, 0.05) is 6.08 Å². The first-order chi connectivity index (χ1) is 11.1. The van der Waals surface area contributed by atoms with Crippen molar-refractivity contribution >= 4 is 12.0 Å². The SMILES string of the molecule is COc1nc(CNC(=O)C=Cc2ccccc2C)nc(OC)n1. The summed E-state index contributed by atoms with van der Waals surface area (Å²) in [5.74, 6) is 0.109. The van der Waals surface area contributed by atoms with Gasteiger partial charge in [-0.1, -0.05) is 24.3 Å². The summed E-state index contributed by atoms with van der Waals surface area (Å²) < 4.78 is 9.91. The van der Waals surface area contributed by atoms with E-state index in [1.54, 1.807) is 6.08 Å². The lowest BCUT2D eigenvalue weighted by atomic mass is 10.1. The molecule has 0 bridgehead atoms. The fraction of sp³-hybridized carbons (Fsp3) is 0.250. The predicted molar refractivity (Wildman–Crippen MR) is 85.0 cm³/mol. The van der Waals surface area contributed by atoms with E-state index >= 15 is 0 Å². The van der Waals surface area contributed by atoms with Crippen LogP contribution in [0.2, 0.25) is 0 Å². The molecule has 1 heterocycles. The van der Waals surface area contributed by atoms with Crippen molar-refractivity contribution < 1.29 is 14.3 Å². The van der Waals surface area contributed by atoms with Crippen molar-refractivity contribution in [3.8, 4) is 12.0 Å². The third-order valence-electron chi connectivity index (χ3n) is 3.03. The van der Waals surface area contributed by atoms with Crippen molar-refractivity contribution in [2.24, 2.45) is 0 Å². The number of hydrogen-bond acceptors (Lipinski definition) is 6. The average molecular weight is 314 g/mol. The minimum atomic E-state index is -0.244. The van der Waals surface area contributed by atoms with Crippen LogP contribution < -0.4 is 14.8 Å². The molecule has 0 atom stereocenters. The zero-order valence-corrected chi connectivity index (χ0v) is 13.2. The maximum Gasteiger partial charge on any atom is 0.322 e. The van der Waals surface area contributed by atoms with Gasteiger partial charge in [0.25, 0.3) is 0 Å². The highest BCUT2D eigenvalue weighted by atomic mass is 16.5. The van der Waals surface area contributed by atoms with Gasteiger partial charge >= 0.3 is 12.0 Å². The molecule has 1 aromatic carbocycles. The lowest BCUT2D eigenvalue weighted by molar-refractivity contribution is -0.116. The Morgan fingerprint density at radius 1 is 1.13 bits per heavy atom. The van der Waals surface area contributed by atoms with Gasteiger partial charge in [0.05, 0.1) is 20.8 Å². The van der Waals surface area contributed by atoms with E-state index in [-0.39, 0.29) is 24.5 Å². The zero-order valence-electron chi connectivity index (χ0n) is 13.2. The van der Waals surface area contributed by atoms with Gasteiger partial charge in [-0.3, -0.25) is 4.79 Å². The van der Waals surface area contributed by atoms with E-state index in [1.807, 2.05) is 31.2 Å². The Morgan fingerprint density at radius 2 is 1.78 bits per heavy atom. The summed E-state index contributed by atoms with van der Waals surface area (Å²) in [6.45, 7) is 2.13. The van der Waals surface area contributed by atoms with Crippen LogP contribution in [0.3, 0.4) is 0 Å². The van der Waals surface area contributed by atoms with Crippen LogP contribution in [0.5, 0.6) is 12.0 Å². The topological polar surface area (TPSA) is 86.2 Å². The average Bonchev–Trinajstić information content (AvgIpc) is 2.58. The van der Waals surface area contributed by atoms with E-state index < -0.39 is 0 Å². The monoisotopic (exact) mass is 314 g/mol. The van der Waals surface area contributed by atoms with Crippen LogP contribution in [-0.2, 0) is 11.3 Å². The smallest absolute Gasteiger partial charge is 0.322 e. The van der Waals surface area contributed by atoms with Crippen molar-refractivity contribution in [3.05, 3.63) is 47.3 Å². The molecule has 0 fully saturated rings. The van der Waals surface area contributed by atoms with Crippen molar-refractivity contribution in [3.63, 3.8) is 0 Å². The molecule has 1 N–H and O–H groups in total. The molecule has 0 spiro atoms. The fourth-order valence-electron chi connectivity index (χ4n) is 1.80. The lowest BCUT2D eigenvalue weighted by Gasteiger charge is -2.05. The van der Waals surface area contributed by atoms with Crippen molar-refractivity contribution in [1.29, 1.82) is 0 Å². The maximum absolute atomic E-state index is 11.9. The quantitative estimate of drug-likeness (QED) is 0.814. The van der Waals surface area contributed by atoms with Crippen molar-refractivity contribution in [2.45, 2.75) is 13.5 Å². The van der Waals surface area contributed by atoms with Crippen LogP contribution in [0.15, 0.2) is 30.3 Å². The number of methoxy groups -OCH3 is 2. The van der Waals surface area contributed by atoms with Crippen LogP contribution >= 0.6 is 0 Å².